The van der Waals surface area contributed by atoms with Crippen molar-refractivity contribution in [1.82, 2.24) is 9.55 Å². The molecule has 0 aliphatic rings. The van der Waals surface area contributed by atoms with Crippen LogP contribution in [0, 0.1) is 0 Å². The third-order valence-electron chi connectivity index (χ3n) is 5.66. The molecule has 1 N–H and O–H groups in total. The minimum atomic E-state index is -0.102. The molecule has 36 heavy (non-hydrogen) atoms. The zero-order chi connectivity index (χ0) is 24.7. The molecule has 0 saturated heterocycles. The van der Waals surface area contributed by atoms with Crippen LogP contribution in [-0.4, -0.2) is 28.3 Å². The van der Waals surface area contributed by atoms with Crippen LogP contribution in [0.3, 0.4) is 0 Å². The maximum Gasteiger partial charge on any atom is 0.234 e. The van der Waals surface area contributed by atoms with Crippen molar-refractivity contribution < 1.29 is 9.53 Å². The van der Waals surface area contributed by atoms with E-state index in [-0.39, 0.29) is 11.7 Å². The number of benzene rings is 4. The Morgan fingerprint density at radius 1 is 0.806 bits per heavy atom. The molecule has 4 aromatic carbocycles. The lowest BCUT2D eigenvalue weighted by Crippen LogP contribution is -2.14. The standard InChI is InChI=1S/C30H25N3O2S/c1-35-26-19-17-24(18-20-26)31-27(34)21-36-30-32-28(22-11-5-2-6-12-22)29(23-13-7-3-8-14-23)33(30)25-15-9-4-10-16-25/h2-20H,21H2,1H3,(H,31,34). The number of ether oxygens (including phenoxy) is 1. The fourth-order valence-electron chi connectivity index (χ4n) is 3.97. The van der Waals surface area contributed by atoms with Crippen molar-refractivity contribution in [3.05, 3.63) is 115 Å². The lowest BCUT2D eigenvalue weighted by Gasteiger charge is -2.13. The first-order chi connectivity index (χ1) is 17.7. The molecule has 0 aliphatic carbocycles. The summed E-state index contributed by atoms with van der Waals surface area (Å²) in [7, 11) is 1.62. The predicted octanol–water partition coefficient (Wildman–Crippen LogP) is 6.95. The summed E-state index contributed by atoms with van der Waals surface area (Å²) in [6.07, 6.45) is 0. The number of hydrogen-bond donors (Lipinski definition) is 1. The Balaban J connectivity index is 1.52. The molecule has 5 rings (SSSR count). The number of carbonyl (C=O) groups excluding carboxylic acids is 1. The monoisotopic (exact) mass is 491 g/mol. The third-order valence-corrected chi connectivity index (χ3v) is 6.60. The Morgan fingerprint density at radius 3 is 2.00 bits per heavy atom. The average Bonchev–Trinajstić information content (AvgIpc) is 3.33. The summed E-state index contributed by atoms with van der Waals surface area (Å²) in [5.74, 6) is 0.864. The molecular formula is C30H25N3O2S. The zero-order valence-electron chi connectivity index (χ0n) is 19.8. The average molecular weight is 492 g/mol. The Bertz CT molecular complexity index is 1430. The van der Waals surface area contributed by atoms with Crippen LogP contribution in [0.5, 0.6) is 5.75 Å². The number of nitrogens with one attached hydrogen (secondary N) is 1. The molecule has 1 amide bonds. The highest BCUT2D eigenvalue weighted by Crippen LogP contribution is 2.38. The van der Waals surface area contributed by atoms with Crippen molar-refractivity contribution in [1.29, 1.82) is 0 Å². The van der Waals surface area contributed by atoms with E-state index in [1.807, 2.05) is 78.9 Å². The lowest BCUT2D eigenvalue weighted by atomic mass is 10.0. The van der Waals surface area contributed by atoms with Crippen LogP contribution in [0.15, 0.2) is 120 Å². The van der Waals surface area contributed by atoms with Gasteiger partial charge in [0, 0.05) is 22.5 Å². The zero-order valence-corrected chi connectivity index (χ0v) is 20.6. The topological polar surface area (TPSA) is 56.1 Å². The van der Waals surface area contributed by atoms with Gasteiger partial charge in [-0.15, -0.1) is 0 Å². The number of aromatic nitrogens is 2. The van der Waals surface area contributed by atoms with Gasteiger partial charge in [0.05, 0.1) is 24.3 Å². The van der Waals surface area contributed by atoms with Gasteiger partial charge in [0.1, 0.15) is 5.75 Å². The minimum absolute atomic E-state index is 0.102. The van der Waals surface area contributed by atoms with E-state index in [4.69, 9.17) is 9.72 Å². The third kappa shape index (κ3) is 5.19. The van der Waals surface area contributed by atoms with Crippen molar-refractivity contribution in [3.63, 3.8) is 0 Å². The van der Waals surface area contributed by atoms with E-state index in [0.29, 0.717) is 0 Å². The molecule has 0 fully saturated rings. The van der Waals surface area contributed by atoms with Gasteiger partial charge in [-0.3, -0.25) is 9.36 Å². The van der Waals surface area contributed by atoms with E-state index in [1.165, 1.54) is 11.8 Å². The van der Waals surface area contributed by atoms with Crippen molar-refractivity contribution in [2.45, 2.75) is 5.16 Å². The minimum Gasteiger partial charge on any atom is -0.497 e. The van der Waals surface area contributed by atoms with Gasteiger partial charge < -0.3 is 10.1 Å². The quantitative estimate of drug-likeness (QED) is 0.239. The first-order valence-electron chi connectivity index (χ1n) is 11.6. The van der Waals surface area contributed by atoms with Crippen LogP contribution >= 0.6 is 11.8 Å². The molecule has 0 atom stereocenters. The molecule has 0 saturated carbocycles. The highest BCUT2D eigenvalue weighted by atomic mass is 32.2. The molecule has 0 aliphatic heterocycles. The number of methoxy groups -OCH3 is 1. The van der Waals surface area contributed by atoms with Gasteiger partial charge in [0.2, 0.25) is 5.91 Å². The predicted molar refractivity (Wildman–Crippen MR) is 147 cm³/mol. The van der Waals surface area contributed by atoms with Crippen molar-refractivity contribution in [2.24, 2.45) is 0 Å². The van der Waals surface area contributed by atoms with Crippen LogP contribution in [0.25, 0.3) is 28.2 Å². The highest BCUT2D eigenvalue weighted by Gasteiger charge is 2.22. The van der Waals surface area contributed by atoms with Gasteiger partial charge in [0.25, 0.3) is 0 Å². The SMILES string of the molecule is COc1ccc(NC(=O)CSc2nc(-c3ccccc3)c(-c3ccccc3)n2-c2ccccc2)cc1. The van der Waals surface area contributed by atoms with Gasteiger partial charge in [-0.1, -0.05) is 90.6 Å². The smallest absolute Gasteiger partial charge is 0.234 e. The summed E-state index contributed by atoms with van der Waals surface area (Å²) in [5, 5.41) is 3.71. The van der Waals surface area contributed by atoms with Gasteiger partial charge in [-0.2, -0.15) is 0 Å². The lowest BCUT2D eigenvalue weighted by molar-refractivity contribution is -0.113. The van der Waals surface area contributed by atoms with Crippen LogP contribution in [0.4, 0.5) is 5.69 Å². The van der Waals surface area contributed by atoms with Crippen LogP contribution in [0.1, 0.15) is 0 Å². The number of amides is 1. The van der Waals surface area contributed by atoms with E-state index in [2.05, 4.69) is 46.3 Å². The Morgan fingerprint density at radius 2 is 1.39 bits per heavy atom. The molecule has 6 heteroatoms. The van der Waals surface area contributed by atoms with E-state index in [9.17, 15) is 4.79 Å². The van der Waals surface area contributed by atoms with E-state index >= 15 is 0 Å². The van der Waals surface area contributed by atoms with Crippen molar-refractivity contribution in [2.75, 3.05) is 18.2 Å². The second kappa shape index (κ2) is 11.0. The van der Waals surface area contributed by atoms with Crippen LogP contribution < -0.4 is 10.1 Å². The number of hydrogen-bond acceptors (Lipinski definition) is 4. The summed E-state index contributed by atoms with van der Waals surface area (Å²) in [4.78, 5) is 17.9. The normalized spacial score (nSPS) is 10.7. The first-order valence-corrected chi connectivity index (χ1v) is 12.6. The Hall–Kier alpha value is -4.29. The largest absolute Gasteiger partial charge is 0.497 e. The van der Waals surface area contributed by atoms with Gasteiger partial charge >= 0.3 is 0 Å². The number of para-hydroxylation sites is 1. The number of rotatable bonds is 8. The molecule has 178 valence electrons. The van der Waals surface area contributed by atoms with E-state index in [1.54, 1.807) is 7.11 Å². The fourth-order valence-corrected chi connectivity index (χ4v) is 4.79. The number of carbonyl (C=O) groups is 1. The fraction of sp³-hybridized carbons (Fsp3) is 0.0667. The Labute approximate surface area is 214 Å². The molecular weight excluding hydrogens is 466 g/mol. The maximum atomic E-state index is 12.8. The molecule has 0 bridgehead atoms. The van der Waals surface area contributed by atoms with Crippen LogP contribution in [0.2, 0.25) is 0 Å². The molecule has 5 aromatic rings. The number of imidazole rings is 1. The molecule has 1 aromatic heterocycles. The van der Waals surface area contributed by atoms with Crippen molar-refractivity contribution >= 4 is 23.4 Å². The molecule has 5 nitrogen and oxygen atoms in total. The summed E-state index contributed by atoms with van der Waals surface area (Å²) < 4.78 is 7.34. The second-order valence-electron chi connectivity index (χ2n) is 8.06. The van der Waals surface area contributed by atoms with Crippen molar-refractivity contribution in [3.8, 4) is 34.0 Å². The number of nitrogens with zero attached hydrogens (tertiary/aromatic N) is 2. The highest BCUT2D eigenvalue weighted by molar-refractivity contribution is 7.99. The summed E-state index contributed by atoms with van der Waals surface area (Å²) in [6.45, 7) is 0. The molecule has 0 radical (unpaired) electrons. The van der Waals surface area contributed by atoms with Crippen LogP contribution in [-0.2, 0) is 4.79 Å². The van der Waals surface area contributed by atoms with Gasteiger partial charge in [-0.05, 0) is 36.4 Å². The number of anilines is 1. The summed E-state index contributed by atoms with van der Waals surface area (Å²) >= 11 is 1.42. The van der Waals surface area contributed by atoms with E-state index in [0.717, 1.165) is 44.8 Å². The van der Waals surface area contributed by atoms with Gasteiger partial charge in [-0.25, -0.2) is 4.98 Å². The molecule has 1 heterocycles. The summed E-state index contributed by atoms with van der Waals surface area (Å²) in [6, 6.07) is 37.8. The number of thioether (sulfide) groups is 1. The Kier molecular flexibility index (Phi) is 7.15. The molecule has 0 unspecified atom stereocenters. The van der Waals surface area contributed by atoms with Gasteiger partial charge in [0.15, 0.2) is 5.16 Å². The van der Waals surface area contributed by atoms with E-state index < -0.39 is 0 Å². The molecule has 0 spiro atoms. The first kappa shape index (κ1) is 23.5. The second-order valence-corrected chi connectivity index (χ2v) is 9.00. The maximum absolute atomic E-state index is 12.8. The summed E-state index contributed by atoms with van der Waals surface area (Å²) in [5.41, 5.74) is 5.67.